The topological polar surface area (TPSA) is 67.4 Å². The minimum Gasteiger partial charge on any atom is -0.309 e. The molecule has 8 rings (SSSR count). The highest BCUT2D eigenvalue weighted by atomic mass is 19.4. The number of hydrogen-bond donors (Lipinski definition) is 0. The fraction of sp³-hybridized carbons (Fsp3) is 0.0244. The molecule has 0 aliphatic heterocycles. The Morgan fingerprint density at radius 1 is 0.510 bits per heavy atom. The molecule has 5 nitrogen and oxygen atoms in total. The normalized spacial score (nSPS) is 11.6. The summed E-state index contributed by atoms with van der Waals surface area (Å²) in [5.74, 6) is 1.32. The van der Waals surface area contributed by atoms with Crippen LogP contribution >= 0.6 is 0 Å². The van der Waals surface area contributed by atoms with Gasteiger partial charge in [-0.2, -0.15) is 18.4 Å². The first-order chi connectivity index (χ1) is 23.9. The van der Waals surface area contributed by atoms with Gasteiger partial charge in [-0.25, -0.2) is 15.0 Å². The summed E-state index contributed by atoms with van der Waals surface area (Å²) in [6.07, 6.45) is -4.48. The molecule has 49 heavy (non-hydrogen) atoms. The fourth-order valence-corrected chi connectivity index (χ4v) is 6.19. The van der Waals surface area contributed by atoms with Gasteiger partial charge in [0.15, 0.2) is 17.5 Å². The first-order valence-electron chi connectivity index (χ1n) is 15.5. The Bertz CT molecular complexity index is 2480. The van der Waals surface area contributed by atoms with E-state index in [9.17, 15) is 18.4 Å². The molecule has 0 aliphatic carbocycles. The predicted octanol–water partition coefficient (Wildman–Crippen LogP) is 10.5. The summed E-state index contributed by atoms with van der Waals surface area (Å²) in [4.78, 5) is 14.6. The van der Waals surface area contributed by atoms with Gasteiger partial charge in [0.2, 0.25) is 0 Å². The molecule has 0 spiro atoms. The van der Waals surface area contributed by atoms with Crippen LogP contribution in [0.1, 0.15) is 11.1 Å². The van der Waals surface area contributed by atoms with Gasteiger partial charge in [0.25, 0.3) is 0 Å². The third-order valence-corrected chi connectivity index (χ3v) is 8.53. The third-order valence-electron chi connectivity index (χ3n) is 8.53. The molecule has 0 saturated carbocycles. The second kappa shape index (κ2) is 11.9. The molecule has 0 fully saturated rings. The van der Waals surface area contributed by atoms with Crippen molar-refractivity contribution in [3.8, 4) is 57.0 Å². The number of nitriles is 1. The summed E-state index contributed by atoms with van der Waals surface area (Å²) >= 11 is 0. The number of halogens is 3. The Morgan fingerprint density at radius 3 is 1.73 bits per heavy atom. The van der Waals surface area contributed by atoms with Crippen LogP contribution < -0.4 is 0 Å². The average molecular weight is 644 g/mol. The average Bonchev–Trinajstić information content (AvgIpc) is 3.48. The molecule has 6 aromatic carbocycles. The van der Waals surface area contributed by atoms with E-state index in [2.05, 4.69) is 10.6 Å². The molecule has 8 heteroatoms. The molecule has 0 N–H and O–H groups in total. The first kappa shape index (κ1) is 29.8. The van der Waals surface area contributed by atoms with Gasteiger partial charge in [-0.15, -0.1) is 0 Å². The Kier molecular flexibility index (Phi) is 7.23. The van der Waals surface area contributed by atoms with Crippen LogP contribution in [0.4, 0.5) is 13.2 Å². The fourth-order valence-electron chi connectivity index (χ4n) is 6.19. The van der Waals surface area contributed by atoms with Crippen molar-refractivity contribution in [1.29, 1.82) is 5.26 Å². The minimum absolute atomic E-state index is 0.378. The van der Waals surface area contributed by atoms with E-state index < -0.39 is 11.7 Å². The van der Waals surface area contributed by atoms with Crippen LogP contribution in [-0.2, 0) is 6.18 Å². The summed E-state index contributed by atoms with van der Waals surface area (Å²) in [5.41, 5.74) is 5.73. The largest absolute Gasteiger partial charge is 0.416 e. The van der Waals surface area contributed by atoms with Crippen LogP contribution in [0.15, 0.2) is 146 Å². The molecule has 0 radical (unpaired) electrons. The van der Waals surface area contributed by atoms with E-state index in [1.165, 1.54) is 12.1 Å². The Morgan fingerprint density at radius 2 is 1.10 bits per heavy atom. The summed E-state index contributed by atoms with van der Waals surface area (Å²) in [7, 11) is 0. The van der Waals surface area contributed by atoms with Gasteiger partial charge in [-0.1, -0.05) is 97.1 Å². The lowest BCUT2D eigenvalue weighted by molar-refractivity contribution is -0.137. The van der Waals surface area contributed by atoms with Gasteiger partial charge >= 0.3 is 6.18 Å². The van der Waals surface area contributed by atoms with Gasteiger partial charge in [0.1, 0.15) is 0 Å². The van der Waals surface area contributed by atoms with E-state index in [4.69, 9.17) is 15.0 Å². The number of benzene rings is 6. The van der Waals surface area contributed by atoms with Gasteiger partial charge < -0.3 is 4.57 Å². The number of fused-ring (bicyclic) bond motifs is 3. The van der Waals surface area contributed by atoms with E-state index in [0.29, 0.717) is 39.7 Å². The predicted molar refractivity (Wildman–Crippen MR) is 186 cm³/mol. The second-order valence-corrected chi connectivity index (χ2v) is 11.5. The first-order valence-corrected chi connectivity index (χ1v) is 15.5. The van der Waals surface area contributed by atoms with Crippen molar-refractivity contribution in [1.82, 2.24) is 19.5 Å². The zero-order valence-electron chi connectivity index (χ0n) is 25.7. The van der Waals surface area contributed by atoms with Crippen molar-refractivity contribution in [3.05, 3.63) is 157 Å². The van der Waals surface area contributed by atoms with E-state index >= 15 is 0 Å². The molecule has 234 valence electrons. The smallest absolute Gasteiger partial charge is 0.309 e. The number of alkyl halides is 3. The highest BCUT2D eigenvalue weighted by Gasteiger charge is 2.30. The van der Waals surface area contributed by atoms with Crippen molar-refractivity contribution in [2.75, 3.05) is 0 Å². The highest BCUT2D eigenvalue weighted by molar-refractivity contribution is 6.09. The Hall–Kier alpha value is -6.59. The van der Waals surface area contributed by atoms with Crippen LogP contribution in [0.5, 0.6) is 0 Å². The van der Waals surface area contributed by atoms with Crippen LogP contribution in [0.25, 0.3) is 72.8 Å². The second-order valence-electron chi connectivity index (χ2n) is 11.5. The SMILES string of the molecule is N#Cc1ccc2c3ccccc3n(-c3ccc(-c4nc(-c5ccccc5)nc(-c5ccccc5)n4)c(-c4ccc(C(F)(F)F)cc4)c3)c2c1. The number of hydrogen-bond acceptors (Lipinski definition) is 4. The standard InChI is InChI=1S/C41H24F3N5/c42-41(43,44)30-18-16-27(17-19-30)35-24-31(49-36-14-8-7-13-32(36)33-21-15-26(25-45)23-37(33)49)20-22-34(35)40-47-38(28-9-3-1-4-10-28)46-39(48-40)29-11-5-2-6-12-29/h1-24H. The molecule has 0 atom stereocenters. The molecule has 2 heterocycles. The lowest BCUT2D eigenvalue weighted by Crippen LogP contribution is -2.04. The lowest BCUT2D eigenvalue weighted by Gasteiger charge is -2.16. The van der Waals surface area contributed by atoms with Crippen molar-refractivity contribution in [2.24, 2.45) is 0 Å². The van der Waals surface area contributed by atoms with E-state index in [0.717, 1.165) is 50.8 Å². The monoisotopic (exact) mass is 643 g/mol. The van der Waals surface area contributed by atoms with E-state index in [1.54, 1.807) is 6.07 Å². The van der Waals surface area contributed by atoms with Crippen LogP contribution in [0.3, 0.4) is 0 Å². The summed E-state index contributed by atoms with van der Waals surface area (Å²) < 4.78 is 43.0. The van der Waals surface area contributed by atoms with Gasteiger partial charge in [0.05, 0.1) is 28.2 Å². The molecule has 0 saturated heterocycles. The van der Waals surface area contributed by atoms with Crippen molar-refractivity contribution >= 4 is 21.8 Å². The minimum atomic E-state index is -4.48. The van der Waals surface area contributed by atoms with Gasteiger partial charge in [-0.3, -0.25) is 0 Å². The maximum Gasteiger partial charge on any atom is 0.416 e. The van der Waals surface area contributed by atoms with Crippen molar-refractivity contribution in [2.45, 2.75) is 6.18 Å². The van der Waals surface area contributed by atoms with Crippen molar-refractivity contribution < 1.29 is 13.2 Å². The van der Waals surface area contributed by atoms with Crippen molar-refractivity contribution in [3.63, 3.8) is 0 Å². The Balaban J connectivity index is 1.40. The maximum absolute atomic E-state index is 13.6. The molecule has 0 unspecified atom stereocenters. The maximum atomic E-state index is 13.6. The molecule has 0 aliphatic rings. The molecule has 8 aromatic rings. The number of nitrogens with zero attached hydrogens (tertiary/aromatic N) is 5. The van der Waals surface area contributed by atoms with Crippen LogP contribution in [0, 0.1) is 11.3 Å². The van der Waals surface area contributed by atoms with E-state index in [1.807, 2.05) is 115 Å². The van der Waals surface area contributed by atoms with Crippen LogP contribution in [0.2, 0.25) is 0 Å². The molecular formula is C41H24F3N5. The summed E-state index contributed by atoms with van der Waals surface area (Å²) in [5, 5.41) is 11.7. The van der Waals surface area contributed by atoms with E-state index in [-0.39, 0.29) is 0 Å². The summed E-state index contributed by atoms with van der Waals surface area (Å²) in [6, 6.07) is 45.9. The third kappa shape index (κ3) is 5.47. The van der Waals surface area contributed by atoms with Gasteiger partial charge in [-0.05, 0) is 59.7 Å². The highest BCUT2D eigenvalue weighted by Crippen LogP contribution is 2.39. The zero-order chi connectivity index (χ0) is 33.5. The Labute approximate surface area is 279 Å². The number of para-hydroxylation sites is 1. The molecule has 2 aromatic heterocycles. The quantitative estimate of drug-likeness (QED) is 0.187. The molecule has 0 bridgehead atoms. The molecular weight excluding hydrogens is 619 g/mol. The lowest BCUT2D eigenvalue weighted by atomic mass is 9.97. The summed E-state index contributed by atoms with van der Waals surface area (Å²) in [6.45, 7) is 0. The zero-order valence-corrected chi connectivity index (χ0v) is 25.7. The van der Waals surface area contributed by atoms with Crippen LogP contribution in [-0.4, -0.2) is 19.5 Å². The van der Waals surface area contributed by atoms with Gasteiger partial charge in [0, 0.05) is 33.2 Å². The number of rotatable bonds is 5. The molecule has 0 amide bonds. The number of aromatic nitrogens is 4.